The van der Waals surface area contributed by atoms with Crippen molar-refractivity contribution >= 4 is 28.5 Å². The molecule has 0 saturated carbocycles. The Kier molecular flexibility index (Phi) is 6.73. The summed E-state index contributed by atoms with van der Waals surface area (Å²) in [7, 11) is 0. The molecule has 0 radical (unpaired) electrons. The van der Waals surface area contributed by atoms with Gasteiger partial charge in [-0.05, 0) is 48.4 Å². The van der Waals surface area contributed by atoms with Gasteiger partial charge < -0.3 is 15.1 Å². The summed E-state index contributed by atoms with van der Waals surface area (Å²) in [4.78, 5) is 37.4. The summed E-state index contributed by atoms with van der Waals surface area (Å²) in [5.41, 5.74) is 3.09. The van der Waals surface area contributed by atoms with Crippen LogP contribution < -0.4 is 16.3 Å². The lowest BCUT2D eigenvalue weighted by Crippen LogP contribution is -2.28. The molecule has 4 aromatic rings. The molecule has 0 aliphatic rings. The van der Waals surface area contributed by atoms with Crippen molar-refractivity contribution in [1.29, 1.82) is 0 Å². The average Bonchev–Trinajstić information content (AvgIpc) is 3.45. The molecule has 0 aliphatic carbocycles. The topological polar surface area (TPSA) is 98.3 Å². The summed E-state index contributed by atoms with van der Waals surface area (Å²) in [6.07, 6.45) is 2.49. The van der Waals surface area contributed by atoms with Crippen molar-refractivity contribution in [3.63, 3.8) is 0 Å². The fraction of sp³-hybridized carbons (Fsp3) is 0.240. The van der Waals surface area contributed by atoms with Crippen LogP contribution in [0.5, 0.6) is 0 Å². The van der Waals surface area contributed by atoms with Gasteiger partial charge in [0.1, 0.15) is 0 Å². The number of nitrogens with zero attached hydrogens (tertiary/aromatic N) is 2. The summed E-state index contributed by atoms with van der Waals surface area (Å²) < 4.78 is 8.52. The van der Waals surface area contributed by atoms with Gasteiger partial charge in [0.25, 0.3) is 5.91 Å². The van der Waals surface area contributed by atoms with Gasteiger partial charge in [-0.2, -0.15) is 0 Å². The summed E-state index contributed by atoms with van der Waals surface area (Å²) in [6.45, 7) is 3.30. The monoisotopic (exact) mass is 446 g/mol. The molecule has 0 atom stereocenters. The highest BCUT2D eigenvalue weighted by Crippen LogP contribution is 2.15. The normalized spacial score (nSPS) is 10.9. The third-order valence-corrected chi connectivity index (χ3v) is 5.35. The molecule has 2 amide bonds. The van der Waals surface area contributed by atoms with E-state index in [1.54, 1.807) is 39.5 Å². The standard InChI is InChI=1S/C25H26N4O4/c1-2-13-28-20-9-3-4-10-21(20)29(25(28)32)14-12-23(30)26-17-18-7-5-8-19(16-18)27-24(31)22-11-6-15-33-22/h3-11,15-16H,2,12-14,17H2,1H3,(H,26,30)(H,27,31). The fourth-order valence-corrected chi connectivity index (χ4v) is 3.79. The van der Waals surface area contributed by atoms with Gasteiger partial charge in [-0.25, -0.2) is 4.79 Å². The Morgan fingerprint density at radius 1 is 0.939 bits per heavy atom. The SMILES string of the molecule is CCCn1c(=O)n(CCC(=O)NCc2cccc(NC(=O)c3ccco3)c2)c2ccccc21. The number of amides is 2. The minimum atomic E-state index is -0.339. The number of hydrogen-bond acceptors (Lipinski definition) is 4. The molecule has 0 bridgehead atoms. The van der Waals surface area contributed by atoms with Gasteiger partial charge in [0.05, 0.1) is 17.3 Å². The van der Waals surface area contributed by atoms with Crippen molar-refractivity contribution in [1.82, 2.24) is 14.5 Å². The van der Waals surface area contributed by atoms with Crippen molar-refractivity contribution in [3.05, 3.63) is 88.7 Å². The number of furan rings is 1. The molecule has 4 rings (SSSR count). The van der Waals surface area contributed by atoms with Crippen molar-refractivity contribution in [3.8, 4) is 0 Å². The second-order valence-corrected chi connectivity index (χ2v) is 7.73. The smallest absolute Gasteiger partial charge is 0.329 e. The highest BCUT2D eigenvalue weighted by atomic mass is 16.3. The first kappa shape index (κ1) is 22.1. The molecular formula is C25H26N4O4. The van der Waals surface area contributed by atoms with Crippen molar-refractivity contribution in [2.45, 2.75) is 39.4 Å². The zero-order chi connectivity index (χ0) is 23.2. The van der Waals surface area contributed by atoms with E-state index in [9.17, 15) is 14.4 Å². The summed E-state index contributed by atoms with van der Waals surface area (Å²) >= 11 is 0. The number of aryl methyl sites for hydroxylation is 2. The van der Waals surface area contributed by atoms with Crippen LogP contribution in [0.1, 0.15) is 35.9 Å². The zero-order valence-electron chi connectivity index (χ0n) is 18.4. The number of rotatable bonds is 9. The molecule has 2 heterocycles. The predicted octanol–water partition coefficient (Wildman–Crippen LogP) is 3.76. The highest BCUT2D eigenvalue weighted by molar-refractivity contribution is 6.02. The number of hydrogen-bond donors (Lipinski definition) is 2. The maximum Gasteiger partial charge on any atom is 0.329 e. The minimum absolute atomic E-state index is 0.0918. The van der Waals surface area contributed by atoms with Crippen molar-refractivity contribution in [2.75, 3.05) is 5.32 Å². The van der Waals surface area contributed by atoms with Gasteiger partial charge in [-0.15, -0.1) is 0 Å². The molecule has 0 fully saturated rings. The Labute approximate surface area is 190 Å². The van der Waals surface area contributed by atoms with Gasteiger partial charge >= 0.3 is 5.69 Å². The van der Waals surface area contributed by atoms with E-state index in [4.69, 9.17) is 4.42 Å². The number of fused-ring (bicyclic) bond motifs is 1. The van der Waals surface area contributed by atoms with Gasteiger partial charge in [-0.1, -0.05) is 31.2 Å². The number of para-hydroxylation sites is 2. The summed E-state index contributed by atoms with van der Waals surface area (Å²) in [5.74, 6) is -0.266. The maximum atomic E-state index is 12.8. The Hall–Kier alpha value is -4.07. The Bertz CT molecular complexity index is 1320. The van der Waals surface area contributed by atoms with E-state index in [0.717, 1.165) is 23.0 Å². The minimum Gasteiger partial charge on any atom is -0.459 e. The molecule has 2 aromatic carbocycles. The molecule has 0 aliphatic heterocycles. The largest absolute Gasteiger partial charge is 0.459 e. The second kappa shape index (κ2) is 10.0. The van der Waals surface area contributed by atoms with Crippen molar-refractivity contribution < 1.29 is 14.0 Å². The van der Waals surface area contributed by atoms with Crippen LogP contribution >= 0.6 is 0 Å². The van der Waals surface area contributed by atoms with Crippen LogP contribution in [0.2, 0.25) is 0 Å². The molecule has 8 nitrogen and oxygen atoms in total. The number of benzene rings is 2. The lowest BCUT2D eigenvalue weighted by Gasteiger charge is -2.09. The Balaban J connectivity index is 1.36. The molecule has 2 N–H and O–H groups in total. The Morgan fingerprint density at radius 3 is 2.39 bits per heavy atom. The van der Waals surface area contributed by atoms with E-state index in [1.165, 1.54) is 6.26 Å². The summed E-state index contributed by atoms with van der Waals surface area (Å²) in [6, 6.07) is 18.1. The quantitative estimate of drug-likeness (QED) is 0.409. The maximum absolute atomic E-state index is 12.8. The van der Waals surface area contributed by atoms with Crippen LogP contribution in [0, 0.1) is 0 Å². The third kappa shape index (κ3) is 5.06. The second-order valence-electron chi connectivity index (χ2n) is 7.73. The number of aromatic nitrogens is 2. The van der Waals surface area contributed by atoms with Gasteiger partial charge in [0.2, 0.25) is 5.91 Å². The van der Waals surface area contributed by atoms with Crippen LogP contribution in [0.3, 0.4) is 0 Å². The molecule has 8 heteroatoms. The average molecular weight is 447 g/mol. The van der Waals surface area contributed by atoms with Crippen LogP contribution in [0.4, 0.5) is 5.69 Å². The zero-order valence-corrected chi connectivity index (χ0v) is 18.4. The number of imidazole rings is 1. The lowest BCUT2D eigenvalue weighted by molar-refractivity contribution is -0.121. The number of carbonyl (C=O) groups is 2. The molecule has 0 saturated heterocycles. The first-order valence-corrected chi connectivity index (χ1v) is 11.0. The highest BCUT2D eigenvalue weighted by Gasteiger charge is 2.13. The van der Waals surface area contributed by atoms with Crippen LogP contribution in [0.15, 0.2) is 76.1 Å². The van der Waals surface area contributed by atoms with Crippen LogP contribution in [-0.2, 0) is 24.4 Å². The van der Waals surface area contributed by atoms with Gasteiger partial charge in [-0.3, -0.25) is 18.7 Å². The van der Waals surface area contributed by atoms with E-state index in [2.05, 4.69) is 10.6 Å². The number of carbonyl (C=O) groups excluding carboxylic acids is 2. The Morgan fingerprint density at radius 2 is 1.70 bits per heavy atom. The lowest BCUT2D eigenvalue weighted by atomic mass is 10.2. The van der Waals surface area contributed by atoms with E-state index >= 15 is 0 Å². The first-order chi connectivity index (χ1) is 16.1. The first-order valence-electron chi connectivity index (χ1n) is 11.0. The fourth-order valence-electron chi connectivity index (χ4n) is 3.79. The van der Waals surface area contributed by atoms with Gasteiger partial charge in [0, 0.05) is 31.7 Å². The molecule has 0 unspecified atom stereocenters. The molecule has 33 heavy (non-hydrogen) atoms. The molecule has 170 valence electrons. The van der Waals surface area contributed by atoms with Crippen LogP contribution in [-0.4, -0.2) is 20.9 Å². The van der Waals surface area contributed by atoms with E-state index in [0.29, 0.717) is 25.3 Å². The van der Waals surface area contributed by atoms with Gasteiger partial charge in [0.15, 0.2) is 5.76 Å². The predicted molar refractivity (Wildman–Crippen MR) is 126 cm³/mol. The third-order valence-electron chi connectivity index (χ3n) is 5.35. The van der Waals surface area contributed by atoms with E-state index < -0.39 is 0 Å². The molecule has 0 spiro atoms. The molecular weight excluding hydrogens is 420 g/mol. The number of nitrogens with one attached hydrogen (secondary N) is 2. The molecule has 2 aromatic heterocycles. The number of anilines is 1. The van der Waals surface area contributed by atoms with Crippen LogP contribution in [0.25, 0.3) is 11.0 Å². The summed E-state index contributed by atoms with van der Waals surface area (Å²) in [5, 5.41) is 5.65. The van der Waals surface area contributed by atoms with Crippen molar-refractivity contribution in [2.24, 2.45) is 0 Å². The van der Waals surface area contributed by atoms with E-state index in [-0.39, 0.29) is 29.7 Å². The van der Waals surface area contributed by atoms with E-state index in [1.807, 2.05) is 37.3 Å².